The first-order valence-electron chi connectivity index (χ1n) is 10.8. The minimum absolute atomic E-state index is 0.346. The molecule has 2 atom stereocenters. The van der Waals surface area contributed by atoms with Gasteiger partial charge in [-0.1, -0.05) is 11.6 Å². The maximum Gasteiger partial charge on any atom is 0.159 e. The quantitative estimate of drug-likeness (QED) is 0.541. The molecule has 1 saturated heterocycles. The normalized spacial score (nSPS) is 22.2. The summed E-state index contributed by atoms with van der Waals surface area (Å²) in [5.41, 5.74) is 2.51. The second kappa shape index (κ2) is 8.60. The summed E-state index contributed by atoms with van der Waals surface area (Å²) in [5.74, 6) is -1.68. The summed E-state index contributed by atoms with van der Waals surface area (Å²) in [6, 6.07) is 14.8. The number of halogens is 3. The maximum absolute atomic E-state index is 13.6. The number of hydrogen-bond acceptors (Lipinski definition) is 3. The molecular weight excluding hydrogens is 418 g/mol. The highest BCUT2D eigenvalue weighted by molar-refractivity contribution is 6.30. The third-order valence-corrected chi connectivity index (χ3v) is 6.85. The Morgan fingerprint density at radius 1 is 0.839 bits per heavy atom. The highest BCUT2D eigenvalue weighted by Gasteiger charge is 2.32. The van der Waals surface area contributed by atoms with Gasteiger partial charge in [0.05, 0.1) is 11.7 Å². The van der Waals surface area contributed by atoms with Crippen LogP contribution >= 0.6 is 11.6 Å². The lowest BCUT2D eigenvalue weighted by Gasteiger charge is -2.39. The predicted octanol–water partition coefficient (Wildman–Crippen LogP) is 5.40. The molecule has 0 N–H and O–H groups in total. The van der Waals surface area contributed by atoms with Crippen LogP contribution in [0.15, 0.2) is 54.7 Å². The molecule has 7 heteroatoms. The molecule has 0 spiro atoms. The van der Waals surface area contributed by atoms with Crippen LogP contribution in [0.4, 0.5) is 14.5 Å². The fourth-order valence-electron chi connectivity index (χ4n) is 4.85. The summed E-state index contributed by atoms with van der Waals surface area (Å²) in [5, 5.41) is 5.43. The molecule has 1 aliphatic carbocycles. The molecule has 0 radical (unpaired) electrons. The maximum atomic E-state index is 13.6. The monoisotopic (exact) mass is 442 g/mol. The molecule has 162 valence electrons. The van der Waals surface area contributed by atoms with E-state index in [0.717, 1.165) is 56.5 Å². The predicted molar refractivity (Wildman–Crippen MR) is 119 cm³/mol. The first-order valence-corrected chi connectivity index (χ1v) is 11.2. The third-order valence-electron chi connectivity index (χ3n) is 6.60. The van der Waals surface area contributed by atoms with Crippen molar-refractivity contribution in [2.24, 2.45) is 0 Å². The standard InChI is InChI=1S/C24H25ClF2N4/c25-18-2-4-19(5-3-18)29-11-13-30(14-12-29)20-6-7-21(16-20)31-10-9-24(28-31)17-1-8-22(26)23(27)15-17/h1-5,8-10,15,20-21H,6-7,11-14,16H2/t20-,21-/m0/s1. The van der Waals surface area contributed by atoms with Crippen molar-refractivity contribution in [1.82, 2.24) is 14.7 Å². The molecule has 4 nitrogen and oxygen atoms in total. The zero-order valence-corrected chi connectivity index (χ0v) is 18.0. The molecule has 2 aliphatic rings. The summed E-state index contributed by atoms with van der Waals surface area (Å²) in [4.78, 5) is 5.02. The summed E-state index contributed by atoms with van der Waals surface area (Å²) < 4.78 is 28.8. The number of anilines is 1. The van der Waals surface area contributed by atoms with E-state index in [2.05, 4.69) is 27.0 Å². The van der Waals surface area contributed by atoms with E-state index in [0.29, 0.717) is 23.3 Å². The van der Waals surface area contributed by atoms with Crippen molar-refractivity contribution < 1.29 is 8.78 Å². The summed E-state index contributed by atoms with van der Waals surface area (Å²) in [6.45, 7) is 4.15. The van der Waals surface area contributed by atoms with Gasteiger partial charge in [0, 0.05) is 54.7 Å². The number of piperazine rings is 1. The lowest BCUT2D eigenvalue weighted by molar-refractivity contribution is 0.183. The highest BCUT2D eigenvalue weighted by Crippen LogP contribution is 2.34. The Bertz CT molecular complexity index is 1040. The number of aromatic nitrogens is 2. The van der Waals surface area contributed by atoms with Crippen LogP contribution in [0.1, 0.15) is 25.3 Å². The molecule has 1 aromatic heterocycles. The lowest BCUT2D eigenvalue weighted by Crippen LogP contribution is -2.49. The van der Waals surface area contributed by atoms with Gasteiger partial charge in [0.2, 0.25) is 0 Å². The van der Waals surface area contributed by atoms with E-state index in [1.54, 1.807) is 6.07 Å². The van der Waals surface area contributed by atoms with Crippen LogP contribution in [0.3, 0.4) is 0 Å². The number of nitrogens with zero attached hydrogens (tertiary/aromatic N) is 4. The second-order valence-corrected chi connectivity index (χ2v) is 8.87. The number of hydrogen-bond donors (Lipinski definition) is 0. The van der Waals surface area contributed by atoms with Crippen LogP contribution in [-0.4, -0.2) is 46.9 Å². The van der Waals surface area contributed by atoms with Crippen LogP contribution < -0.4 is 4.90 Å². The van der Waals surface area contributed by atoms with Gasteiger partial charge in [-0.2, -0.15) is 5.10 Å². The van der Waals surface area contributed by atoms with Crippen molar-refractivity contribution in [3.63, 3.8) is 0 Å². The van der Waals surface area contributed by atoms with E-state index in [1.807, 2.05) is 29.1 Å². The molecule has 2 aromatic carbocycles. The van der Waals surface area contributed by atoms with E-state index in [-0.39, 0.29) is 0 Å². The summed E-state index contributed by atoms with van der Waals surface area (Å²) in [7, 11) is 0. The zero-order chi connectivity index (χ0) is 21.4. The first-order chi connectivity index (χ1) is 15.1. The van der Waals surface area contributed by atoms with Crippen LogP contribution in [-0.2, 0) is 0 Å². The molecule has 31 heavy (non-hydrogen) atoms. The Kier molecular flexibility index (Phi) is 5.67. The Labute approximate surface area is 186 Å². The largest absolute Gasteiger partial charge is 0.369 e. The fraction of sp³-hybridized carbons (Fsp3) is 0.375. The van der Waals surface area contributed by atoms with Gasteiger partial charge in [-0.25, -0.2) is 8.78 Å². The van der Waals surface area contributed by atoms with Gasteiger partial charge in [0.15, 0.2) is 11.6 Å². The van der Waals surface area contributed by atoms with Gasteiger partial charge in [-0.05, 0) is 67.8 Å². The molecule has 0 amide bonds. The topological polar surface area (TPSA) is 24.3 Å². The lowest BCUT2D eigenvalue weighted by atomic mass is 10.1. The average molecular weight is 443 g/mol. The Balaban J connectivity index is 1.19. The number of rotatable bonds is 4. The first kappa shape index (κ1) is 20.5. The van der Waals surface area contributed by atoms with E-state index < -0.39 is 11.6 Å². The van der Waals surface area contributed by atoms with Gasteiger partial charge >= 0.3 is 0 Å². The van der Waals surface area contributed by atoms with Crippen molar-refractivity contribution >= 4 is 17.3 Å². The SMILES string of the molecule is Fc1ccc(-c2ccn([C@H]3CC[C@H](N4CCN(c5ccc(Cl)cc5)CC4)C3)n2)cc1F. The molecular formula is C24H25ClF2N4. The van der Waals surface area contributed by atoms with Gasteiger partial charge in [0.25, 0.3) is 0 Å². The van der Waals surface area contributed by atoms with Crippen LogP contribution in [0.5, 0.6) is 0 Å². The van der Waals surface area contributed by atoms with Gasteiger partial charge < -0.3 is 4.90 Å². The van der Waals surface area contributed by atoms with Crippen LogP contribution in [0.25, 0.3) is 11.3 Å². The molecule has 1 aliphatic heterocycles. The minimum Gasteiger partial charge on any atom is -0.369 e. The Morgan fingerprint density at radius 3 is 2.32 bits per heavy atom. The molecule has 3 aromatic rings. The third kappa shape index (κ3) is 4.32. The van der Waals surface area contributed by atoms with Gasteiger partial charge in [-0.3, -0.25) is 9.58 Å². The van der Waals surface area contributed by atoms with Crippen LogP contribution in [0.2, 0.25) is 5.02 Å². The average Bonchev–Trinajstić information content (AvgIpc) is 3.46. The molecule has 5 rings (SSSR count). The smallest absolute Gasteiger partial charge is 0.159 e. The molecule has 0 bridgehead atoms. The van der Waals surface area contributed by atoms with E-state index in [4.69, 9.17) is 11.6 Å². The van der Waals surface area contributed by atoms with E-state index in [9.17, 15) is 8.78 Å². The number of benzene rings is 2. The summed E-state index contributed by atoms with van der Waals surface area (Å²) >= 11 is 6.01. The van der Waals surface area contributed by atoms with E-state index >= 15 is 0 Å². The van der Waals surface area contributed by atoms with E-state index in [1.165, 1.54) is 11.8 Å². The van der Waals surface area contributed by atoms with Crippen molar-refractivity contribution in [3.8, 4) is 11.3 Å². The minimum atomic E-state index is -0.842. The van der Waals surface area contributed by atoms with Gasteiger partial charge in [-0.15, -0.1) is 0 Å². The highest BCUT2D eigenvalue weighted by atomic mass is 35.5. The fourth-order valence-corrected chi connectivity index (χ4v) is 4.98. The van der Waals surface area contributed by atoms with Crippen LogP contribution in [0, 0.1) is 11.6 Å². The zero-order valence-electron chi connectivity index (χ0n) is 17.2. The second-order valence-electron chi connectivity index (χ2n) is 8.43. The van der Waals surface area contributed by atoms with Crippen molar-refractivity contribution in [3.05, 3.63) is 71.4 Å². The summed E-state index contributed by atoms with van der Waals surface area (Å²) in [6.07, 6.45) is 5.27. The van der Waals surface area contributed by atoms with Crippen molar-refractivity contribution in [2.75, 3.05) is 31.1 Å². The van der Waals surface area contributed by atoms with Crippen molar-refractivity contribution in [2.45, 2.75) is 31.3 Å². The Hall–Kier alpha value is -2.44. The molecule has 2 heterocycles. The van der Waals surface area contributed by atoms with Crippen molar-refractivity contribution in [1.29, 1.82) is 0 Å². The molecule has 1 saturated carbocycles. The molecule has 2 fully saturated rings. The van der Waals surface area contributed by atoms with Gasteiger partial charge in [0.1, 0.15) is 0 Å². The Morgan fingerprint density at radius 2 is 1.58 bits per heavy atom. The molecule has 0 unspecified atom stereocenters.